The Morgan fingerprint density at radius 3 is 2.50 bits per heavy atom. The number of rotatable bonds is 7. The van der Waals surface area contributed by atoms with E-state index in [1.807, 2.05) is 4.90 Å². The molecule has 1 saturated carbocycles. The van der Waals surface area contributed by atoms with E-state index in [1.54, 1.807) is 19.1 Å². The van der Waals surface area contributed by atoms with E-state index >= 15 is 0 Å². The number of halogens is 3. The molecular weight excluding hydrogens is 547 g/mol. The molecule has 0 unspecified atom stereocenters. The van der Waals surface area contributed by atoms with Crippen LogP contribution in [0.1, 0.15) is 49.6 Å². The maximum absolute atomic E-state index is 13.6. The number of anilines is 3. The minimum absolute atomic E-state index is 0.0854. The zero-order chi connectivity index (χ0) is 28.9. The van der Waals surface area contributed by atoms with Gasteiger partial charge in [0.25, 0.3) is 5.91 Å². The summed E-state index contributed by atoms with van der Waals surface area (Å²) < 4.78 is 45.9. The number of nitrogen functional groups attached to an aromatic ring is 1. The number of nitrogens with zero attached hydrogens (tertiary/aromatic N) is 2. The molecule has 2 heterocycles. The molecule has 2 aromatic carbocycles. The van der Waals surface area contributed by atoms with Crippen LogP contribution >= 0.6 is 11.3 Å². The predicted molar refractivity (Wildman–Crippen MR) is 147 cm³/mol. The van der Waals surface area contributed by atoms with Crippen LogP contribution < -0.4 is 16.4 Å². The van der Waals surface area contributed by atoms with E-state index in [-0.39, 0.29) is 28.2 Å². The summed E-state index contributed by atoms with van der Waals surface area (Å²) in [7, 11) is 0. The summed E-state index contributed by atoms with van der Waals surface area (Å²) in [6.07, 6.45) is -0.793. The number of carboxylic acids is 1. The monoisotopic (exact) mass is 577 g/mol. The third-order valence-corrected chi connectivity index (χ3v) is 7.25. The van der Waals surface area contributed by atoms with E-state index in [0.717, 1.165) is 16.8 Å². The molecule has 2 aliphatic rings. The number of morpholine rings is 1. The topological polar surface area (TPSA) is 130 Å². The Balaban J connectivity index is 0.000000255. The second-order valence-electron chi connectivity index (χ2n) is 9.54. The molecule has 0 radical (unpaired) electrons. The summed E-state index contributed by atoms with van der Waals surface area (Å²) >= 11 is 1.19. The first-order valence-corrected chi connectivity index (χ1v) is 13.4. The first-order chi connectivity index (χ1) is 19.0. The molecule has 40 heavy (non-hydrogen) atoms. The number of aryl methyl sites for hydroxylation is 1. The Hall–Kier alpha value is -3.68. The van der Waals surface area contributed by atoms with Crippen molar-refractivity contribution in [1.82, 2.24) is 9.88 Å². The van der Waals surface area contributed by atoms with Crippen molar-refractivity contribution in [2.75, 3.05) is 42.7 Å². The highest BCUT2D eigenvalue weighted by molar-refractivity contribution is 7.17. The maximum Gasteiger partial charge on any atom is 0.416 e. The molecule has 2 fully saturated rings. The number of carbonyl (C=O) groups is 2. The van der Waals surface area contributed by atoms with E-state index in [4.69, 9.17) is 15.6 Å². The summed E-state index contributed by atoms with van der Waals surface area (Å²) in [5, 5.41) is 15.0. The average molecular weight is 578 g/mol. The van der Waals surface area contributed by atoms with Gasteiger partial charge in [-0.25, -0.2) is 9.78 Å². The molecule has 5 rings (SSSR count). The fourth-order valence-corrected chi connectivity index (χ4v) is 4.62. The van der Waals surface area contributed by atoms with Crippen LogP contribution in [0.5, 0.6) is 0 Å². The van der Waals surface area contributed by atoms with Gasteiger partial charge in [0.1, 0.15) is 4.88 Å². The van der Waals surface area contributed by atoms with Gasteiger partial charge in [-0.15, -0.1) is 0 Å². The number of amides is 1. The fourth-order valence-electron chi connectivity index (χ4n) is 3.88. The number of hydrogen-bond donors (Lipinski definition) is 4. The SMILES string of the molecule is Cc1ccc(C(=O)Nc2ccc(CN3CCOCC3)c(C(F)(F)F)c2)cc1N.O=C(O)c1cnc(NC2CC2)s1. The first kappa shape index (κ1) is 29.3. The van der Waals surface area contributed by atoms with Crippen molar-refractivity contribution in [1.29, 1.82) is 0 Å². The van der Waals surface area contributed by atoms with Crippen molar-refractivity contribution >= 4 is 39.7 Å². The van der Waals surface area contributed by atoms with Crippen LogP contribution in [0.25, 0.3) is 0 Å². The minimum Gasteiger partial charge on any atom is -0.477 e. The number of carbonyl (C=O) groups excluding carboxylic acids is 1. The average Bonchev–Trinajstić information content (AvgIpc) is 3.60. The molecule has 1 aliphatic heterocycles. The van der Waals surface area contributed by atoms with Crippen molar-refractivity contribution in [2.24, 2.45) is 0 Å². The maximum atomic E-state index is 13.6. The van der Waals surface area contributed by atoms with E-state index in [2.05, 4.69) is 15.6 Å². The normalized spacial score (nSPS) is 15.6. The van der Waals surface area contributed by atoms with Crippen LogP contribution in [0, 0.1) is 6.92 Å². The van der Waals surface area contributed by atoms with Crippen LogP contribution in [0.2, 0.25) is 0 Å². The van der Waals surface area contributed by atoms with Crippen LogP contribution in [0.15, 0.2) is 42.6 Å². The van der Waals surface area contributed by atoms with Crippen molar-refractivity contribution < 1.29 is 32.6 Å². The summed E-state index contributed by atoms with van der Waals surface area (Å²) in [6, 6.07) is 9.18. The smallest absolute Gasteiger partial charge is 0.416 e. The van der Waals surface area contributed by atoms with Gasteiger partial charge < -0.3 is 26.2 Å². The van der Waals surface area contributed by atoms with Gasteiger partial charge >= 0.3 is 12.1 Å². The third-order valence-electron chi connectivity index (χ3n) is 6.33. The number of nitrogens with one attached hydrogen (secondary N) is 2. The second kappa shape index (κ2) is 12.7. The highest BCUT2D eigenvalue weighted by Crippen LogP contribution is 2.35. The zero-order valence-corrected chi connectivity index (χ0v) is 22.6. The molecule has 214 valence electrons. The molecule has 1 saturated heterocycles. The van der Waals surface area contributed by atoms with Gasteiger partial charge in [-0.3, -0.25) is 9.69 Å². The van der Waals surface area contributed by atoms with Gasteiger partial charge in [0.05, 0.1) is 25.0 Å². The first-order valence-electron chi connectivity index (χ1n) is 12.6. The molecule has 1 aliphatic carbocycles. The Labute approximate surface area is 233 Å². The molecule has 13 heteroatoms. The summed E-state index contributed by atoms with van der Waals surface area (Å²) in [6.45, 7) is 4.18. The van der Waals surface area contributed by atoms with E-state index < -0.39 is 23.6 Å². The molecular formula is C27H30F3N5O4S. The van der Waals surface area contributed by atoms with E-state index in [9.17, 15) is 22.8 Å². The molecule has 1 aromatic heterocycles. The Bertz CT molecular complexity index is 1350. The lowest BCUT2D eigenvalue weighted by Crippen LogP contribution is -2.36. The lowest BCUT2D eigenvalue weighted by atomic mass is 10.0. The fraction of sp³-hybridized carbons (Fsp3) is 0.370. The molecule has 5 N–H and O–H groups in total. The minimum atomic E-state index is -4.52. The van der Waals surface area contributed by atoms with Crippen molar-refractivity contribution in [3.8, 4) is 0 Å². The summed E-state index contributed by atoms with van der Waals surface area (Å²) in [5.41, 5.74) is 6.87. The van der Waals surface area contributed by atoms with Crippen molar-refractivity contribution in [2.45, 2.75) is 38.5 Å². The number of ether oxygens (including phenoxy) is 1. The zero-order valence-electron chi connectivity index (χ0n) is 21.8. The highest BCUT2D eigenvalue weighted by Gasteiger charge is 2.34. The van der Waals surface area contributed by atoms with Gasteiger partial charge in [-0.1, -0.05) is 23.5 Å². The molecule has 9 nitrogen and oxygen atoms in total. The Morgan fingerprint density at radius 1 is 1.18 bits per heavy atom. The van der Waals surface area contributed by atoms with E-state index in [0.29, 0.717) is 38.0 Å². The summed E-state index contributed by atoms with van der Waals surface area (Å²) in [5.74, 6) is -1.42. The highest BCUT2D eigenvalue weighted by atomic mass is 32.1. The van der Waals surface area contributed by atoms with Crippen molar-refractivity contribution in [3.63, 3.8) is 0 Å². The van der Waals surface area contributed by atoms with Crippen molar-refractivity contribution in [3.05, 3.63) is 69.7 Å². The third kappa shape index (κ3) is 8.16. The number of aromatic nitrogens is 1. The lowest BCUT2D eigenvalue weighted by Gasteiger charge is -2.27. The molecule has 1 amide bonds. The van der Waals surface area contributed by atoms with Crippen LogP contribution in [0.4, 0.5) is 29.7 Å². The van der Waals surface area contributed by atoms with Gasteiger partial charge in [0.2, 0.25) is 0 Å². The number of carboxylic acid groups (broad SMARTS) is 1. The number of benzene rings is 2. The number of nitrogens with two attached hydrogens (primary N) is 1. The largest absolute Gasteiger partial charge is 0.477 e. The van der Waals surface area contributed by atoms with Gasteiger partial charge in [-0.05, 0) is 55.2 Å². The predicted octanol–water partition coefficient (Wildman–Crippen LogP) is 5.10. The number of aromatic carboxylic acids is 1. The molecule has 0 bridgehead atoms. The number of hydrogen-bond acceptors (Lipinski definition) is 8. The quantitative estimate of drug-likeness (QED) is 0.286. The van der Waals surface area contributed by atoms with E-state index in [1.165, 1.54) is 48.6 Å². The molecule has 0 spiro atoms. The van der Waals surface area contributed by atoms with Gasteiger partial charge in [0.15, 0.2) is 5.13 Å². The Kier molecular flexibility index (Phi) is 9.28. The number of alkyl halides is 3. The molecule has 3 aromatic rings. The van der Waals surface area contributed by atoms with Gasteiger partial charge in [-0.2, -0.15) is 13.2 Å². The number of thiazole rings is 1. The second-order valence-corrected chi connectivity index (χ2v) is 10.6. The van der Waals surface area contributed by atoms with Crippen LogP contribution in [0.3, 0.4) is 0 Å². The Morgan fingerprint density at radius 2 is 1.90 bits per heavy atom. The van der Waals surface area contributed by atoms with Gasteiger partial charge in [0, 0.05) is 42.6 Å². The molecule has 0 atom stereocenters. The van der Waals surface area contributed by atoms with Crippen LogP contribution in [-0.4, -0.2) is 59.2 Å². The van der Waals surface area contributed by atoms with Crippen LogP contribution in [-0.2, 0) is 17.5 Å². The lowest BCUT2D eigenvalue weighted by molar-refractivity contribution is -0.138. The summed E-state index contributed by atoms with van der Waals surface area (Å²) in [4.78, 5) is 29.0. The standard InChI is InChI=1S/C20H22F3N3O2.C7H8N2O2S/c1-13-2-3-14(10-18(13)24)19(27)25-16-5-4-15(17(11-16)20(21,22)23)12-26-6-8-28-9-7-26;10-6(11)5-3-8-7(12-5)9-4-1-2-4/h2-5,10-11H,6-9,12,24H2,1H3,(H,25,27);3-4H,1-2H2,(H,8,9)(H,10,11).